The second-order valence-corrected chi connectivity index (χ2v) is 7.58. The van der Waals surface area contributed by atoms with Crippen LogP contribution in [0, 0.1) is 0 Å². The van der Waals surface area contributed by atoms with Gasteiger partial charge in [-0.2, -0.15) is 0 Å². The SMILES string of the molecule is CCOc1ccc(-n2c(NNC(=S)Nc3ccc(Cl)cc3)nc3ccccc3c2=O)cc1. The average Bonchev–Trinajstić information content (AvgIpc) is 2.80. The van der Waals surface area contributed by atoms with Crippen LogP contribution in [0.25, 0.3) is 16.6 Å². The van der Waals surface area contributed by atoms with Gasteiger partial charge >= 0.3 is 0 Å². The predicted molar refractivity (Wildman–Crippen MR) is 133 cm³/mol. The summed E-state index contributed by atoms with van der Waals surface area (Å²) in [6.07, 6.45) is 0. The van der Waals surface area contributed by atoms with Crippen LogP contribution in [0.15, 0.2) is 77.6 Å². The van der Waals surface area contributed by atoms with Crippen molar-refractivity contribution < 1.29 is 4.74 Å². The molecule has 0 saturated heterocycles. The maximum absolute atomic E-state index is 13.3. The largest absolute Gasteiger partial charge is 0.494 e. The highest BCUT2D eigenvalue weighted by atomic mass is 35.5. The summed E-state index contributed by atoms with van der Waals surface area (Å²) in [7, 11) is 0. The molecule has 0 spiro atoms. The molecule has 0 aliphatic rings. The van der Waals surface area contributed by atoms with Gasteiger partial charge in [0.15, 0.2) is 5.11 Å². The Morgan fingerprint density at radius 3 is 2.50 bits per heavy atom. The molecular weight excluding hydrogens is 446 g/mol. The highest BCUT2D eigenvalue weighted by Crippen LogP contribution is 2.19. The number of thiocarbonyl (C=S) groups is 1. The quantitative estimate of drug-likeness (QED) is 0.280. The molecule has 0 bridgehead atoms. The van der Waals surface area contributed by atoms with Crippen molar-refractivity contribution in [1.29, 1.82) is 0 Å². The van der Waals surface area contributed by atoms with E-state index in [0.717, 1.165) is 11.4 Å². The van der Waals surface area contributed by atoms with Gasteiger partial charge in [0, 0.05) is 10.7 Å². The number of para-hydroxylation sites is 1. The first kappa shape index (κ1) is 21.6. The number of hydrogen-bond donors (Lipinski definition) is 3. The van der Waals surface area contributed by atoms with E-state index in [1.807, 2.05) is 31.2 Å². The van der Waals surface area contributed by atoms with Crippen molar-refractivity contribution in [2.45, 2.75) is 6.92 Å². The number of halogens is 1. The smallest absolute Gasteiger partial charge is 0.267 e. The summed E-state index contributed by atoms with van der Waals surface area (Å²) in [5.74, 6) is 1.01. The van der Waals surface area contributed by atoms with Crippen LogP contribution >= 0.6 is 23.8 Å². The molecule has 0 aliphatic heterocycles. The number of nitrogens with one attached hydrogen (secondary N) is 3. The minimum Gasteiger partial charge on any atom is -0.494 e. The van der Waals surface area contributed by atoms with E-state index >= 15 is 0 Å². The monoisotopic (exact) mass is 465 g/mol. The fraction of sp³-hybridized carbons (Fsp3) is 0.0870. The highest BCUT2D eigenvalue weighted by molar-refractivity contribution is 7.80. The summed E-state index contributed by atoms with van der Waals surface area (Å²) < 4.78 is 6.99. The molecule has 3 aromatic carbocycles. The number of aromatic nitrogens is 2. The molecule has 3 N–H and O–H groups in total. The van der Waals surface area contributed by atoms with E-state index in [-0.39, 0.29) is 11.5 Å². The van der Waals surface area contributed by atoms with Gasteiger partial charge in [0.1, 0.15) is 5.75 Å². The maximum atomic E-state index is 13.3. The summed E-state index contributed by atoms with van der Waals surface area (Å²) in [5, 5.41) is 4.48. The molecule has 7 nitrogen and oxygen atoms in total. The van der Waals surface area contributed by atoms with Crippen LogP contribution in [-0.2, 0) is 0 Å². The zero-order chi connectivity index (χ0) is 22.5. The molecule has 0 saturated carbocycles. The number of hydrogen-bond acceptors (Lipinski definition) is 5. The number of benzene rings is 3. The van der Waals surface area contributed by atoms with E-state index in [1.165, 1.54) is 4.57 Å². The number of fused-ring (bicyclic) bond motifs is 1. The van der Waals surface area contributed by atoms with Crippen LogP contribution in [0.2, 0.25) is 5.02 Å². The number of rotatable bonds is 6. The van der Waals surface area contributed by atoms with Crippen LogP contribution in [0.5, 0.6) is 5.75 Å². The molecule has 1 aromatic heterocycles. The summed E-state index contributed by atoms with van der Waals surface area (Å²) >= 11 is 11.3. The molecule has 0 fully saturated rings. The normalized spacial score (nSPS) is 10.6. The molecule has 9 heteroatoms. The second-order valence-electron chi connectivity index (χ2n) is 6.73. The lowest BCUT2D eigenvalue weighted by molar-refractivity contribution is 0.340. The van der Waals surface area contributed by atoms with E-state index in [2.05, 4.69) is 21.2 Å². The minimum absolute atomic E-state index is 0.208. The van der Waals surface area contributed by atoms with Gasteiger partial charge < -0.3 is 10.1 Å². The zero-order valence-corrected chi connectivity index (χ0v) is 18.7. The van der Waals surface area contributed by atoms with Gasteiger partial charge in [0.25, 0.3) is 5.56 Å². The number of anilines is 2. The minimum atomic E-state index is -0.208. The lowest BCUT2D eigenvalue weighted by Gasteiger charge is -2.17. The summed E-state index contributed by atoms with van der Waals surface area (Å²) in [6.45, 7) is 2.48. The fourth-order valence-corrected chi connectivity index (χ4v) is 3.42. The van der Waals surface area contributed by atoms with Gasteiger partial charge in [-0.05, 0) is 79.8 Å². The molecule has 0 atom stereocenters. The Labute approximate surface area is 195 Å². The Hall–Kier alpha value is -3.62. The Morgan fingerprint density at radius 1 is 1.06 bits per heavy atom. The first-order chi connectivity index (χ1) is 15.5. The van der Waals surface area contributed by atoms with Gasteiger partial charge in [-0.1, -0.05) is 23.7 Å². The molecular formula is C23H20ClN5O2S. The molecule has 4 rings (SSSR count). The van der Waals surface area contributed by atoms with Crippen LogP contribution in [0.1, 0.15) is 6.92 Å². The molecule has 0 aliphatic carbocycles. The average molecular weight is 466 g/mol. The van der Waals surface area contributed by atoms with Crippen LogP contribution in [0.4, 0.5) is 11.6 Å². The lowest BCUT2D eigenvalue weighted by atomic mass is 10.2. The number of nitrogens with zero attached hydrogens (tertiary/aromatic N) is 2. The van der Waals surface area contributed by atoms with E-state index in [9.17, 15) is 4.79 Å². The van der Waals surface area contributed by atoms with Gasteiger partial charge in [-0.3, -0.25) is 15.6 Å². The first-order valence-corrected chi connectivity index (χ1v) is 10.7. The molecule has 162 valence electrons. The molecule has 0 radical (unpaired) electrons. The zero-order valence-electron chi connectivity index (χ0n) is 17.1. The van der Waals surface area contributed by atoms with Crippen molar-refractivity contribution >= 4 is 51.5 Å². The fourth-order valence-electron chi connectivity index (χ4n) is 3.12. The first-order valence-electron chi connectivity index (χ1n) is 9.89. The Balaban J connectivity index is 1.64. The third kappa shape index (κ3) is 4.82. The Morgan fingerprint density at radius 2 is 1.78 bits per heavy atom. The van der Waals surface area contributed by atoms with Crippen LogP contribution in [-0.4, -0.2) is 21.3 Å². The van der Waals surface area contributed by atoms with E-state index in [1.54, 1.807) is 48.5 Å². The molecule has 1 heterocycles. The second kappa shape index (κ2) is 9.67. The summed E-state index contributed by atoms with van der Waals surface area (Å²) in [5.41, 5.74) is 7.61. The van der Waals surface area contributed by atoms with Crippen molar-refractivity contribution in [3.8, 4) is 11.4 Å². The molecule has 32 heavy (non-hydrogen) atoms. The standard InChI is InChI=1S/C23H20ClN5O2S/c1-2-31-18-13-11-17(12-14-18)29-21(30)19-5-3-4-6-20(19)26-22(29)27-28-23(32)25-16-9-7-15(24)8-10-16/h3-14H,2H2,1H3,(H,26,27)(H2,25,28,32). The number of hydrazine groups is 1. The lowest BCUT2D eigenvalue weighted by Crippen LogP contribution is -2.36. The number of ether oxygens (including phenoxy) is 1. The predicted octanol–water partition coefficient (Wildman–Crippen LogP) is 4.75. The van der Waals surface area contributed by atoms with E-state index in [4.69, 9.17) is 28.6 Å². The van der Waals surface area contributed by atoms with Gasteiger partial charge in [-0.25, -0.2) is 9.55 Å². The van der Waals surface area contributed by atoms with Crippen molar-refractivity contribution in [1.82, 2.24) is 15.0 Å². The van der Waals surface area contributed by atoms with Crippen molar-refractivity contribution in [3.05, 3.63) is 88.2 Å². The molecule has 0 amide bonds. The highest BCUT2D eigenvalue weighted by Gasteiger charge is 2.13. The van der Waals surface area contributed by atoms with Crippen LogP contribution < -0.4 is 26.5 Å². The third-order valence-corrected chi connectivity index (χ3v) is 5.03. The molecule has 0 unspecified atom stereocenters. The van der Waals surface area contributed by atoms with Crippen molar-refractivity contribution in [2.75, 3.05) is 17.3 Å². The van der Waals surface area contributed by atoms with Crippen molar-refractivity contribution in [2.24, 2.45) is 0 Å². The van der Waals surface area contributed by atoms with Crippen molar-refractivity contribution in [3.63, 3.8) is 0 Å². The maximum Gasteiger partial charge on any atom is 0.267 e. The van der Waals surface area contributed by atoms with Crippen LogP contribution in [0.3, 0.4) is 0 Å². The Bertz CT molecular complexity index is 1310. The van der Waals surface area contributed by atoms with Gasteiger partial charge in [-0.15, -0.1) is 0 Å². The summed E-state index contributed by atoms with van der Waals surface area (Å²) in [6, 6.07) is 21.5. The van der Waals surface area contributed by atoms with Gasteiger partial charge in [0.2, 0.25) is 5.95 Å². The van der Waals surface area contributed by atoms with E-state index in [0.29, 0.717) is 33.3 Å². The Kier molecular flexibility index (Phi) is 6.53. The van der Waals surface area contributed by atoms with E-state index < -0.39 is 0 Å². The summed E-state index contributed by atoms with van der Waals surface area (Å²) in [4.78, 5) is 17.9. The topological polar surface area (TPSA) is 80.2 Å². The third-order valence-electron chi connectivity index (χ3n) is 4.57. The van der Waals surface area contributed by atoms with Gasteiger partial charge in [0.05, 0.1) is 23.2 Å². The molecule has 4 aromatic rings.